The van der Waals surface area contributed by atoms with Gasteiger partial charge in [-0.2, -0.15) is 0 Å². The Morgan fingerprint density at radius 2 is 1.69 bits per heavy atom. The Kier molecular flexibility index (Phi) is 5.22. The lowest BCUT2D eigenvalue weighted by molar-refractivity contribution is 0.102. The fourth-order valence-corrected chi connectivity index (χ4v) is 2.34. The Balaban J connectivity index is 1.63. The molecule has 0 atom stereocenters. The van der Waals surface area contributed by atoms with Crippen LogP contribution in [0, 0.1) is 18.6 Å². The molecule has 0 saturated carbocycles. The van der Waals surface area contributed by atoms with Gasteiger partial charge in [0.25, 0.3) is 5.91 Å². The molecular formula is C20H17F2N3O. The summed E-state index contributed by atoms with van der Waals surface area (Å²) in [6.45, 7) is 2.64. The van der Waals surface area contributed by atoms with E-state index in [1.54, 1.807) is 6.07 Å². The Morgan fingerprint density at radius 3 is 2.31 bits per heavy atom. The molecule has 1 aromatic heterocycles. The van der Waals surface area contributed by atoms with Crippen LogP contribution < -0.4 is 10.6 Å². The molecule has 3 rings (SSSR count). The van der Waals surface area contributed by atoms with Crippen LogP contribution in [0.2, 0.25) is 0 Å². The van der Waals surface area contributed by atoms with Crippen molar-refractivity contribution >= 4 is 17.3 Å². The summed E-state index contributed by atoms with van der Waals surface area (Å²) in [5.41, 5.74) is 2.62. The Hall–Kier alpha value is -3.28. The molecule has 0 radical (unpaired) electrons. The number of para-hydroxylation sites is 1. The van der Waals surface area contributed by atoms with E-state index in [2.05, 4.69) is 15.6 Å². The zero-order valence-corrected chi connectivity index (χ0v) is 14.1. The predicted octanol–water partition coefficient (Wildman–Crippen LogP) is 4.53. The van der Waals surface area contributed by atoms with Crippen LogP contribution in [0.5, 0.6) is 0 Å². The quantitative estimate of drug-likeness (QED) is 0.708. The van der Waals surface area contributed by atoms with Crippen molar-refractivity contribution in [2.45, 2.75) is 13.5 Å². The fourth-order valence-electron chi connectivity index (χ4n) is 2.34. The summed E-state index contributed by atoms with van der Waals surface area (Å²) in [7, 11) is 0. The SMILES string of the molecule is Cc1ccc(CNc2ccc(C(=O)Nc3c(F)cccc3F)nc2)cc1. The molecule has 132 valence electrons. The van der Waals surface area contributed by atoms with E-state index < -0.39 is 23.2 Å². The predicted molar refractivity (Wildman–Crippen MR) is 97.1 cm³/mol. The summed E-state index contributed by atoms with van der Waals surface area (Å²) in [4.78, 5) is 16.2. The first-order chi connectivity index (χ1) is 12.5. The van der Waals surface area contributed by atoms with Gasteiger partial charge in [0.15, 0.2) is 0 Å². The summed E-state index contributed by atoms with van der Waals surface area (Å²) < 4.78 is 27.2. The van der Waals surface area contributed by atoms with Gasteiger partial charge in [-0.25, -0.2) is 13.8 Å². The molecule has 0 aliphatic heterocycles. The van der Waals surface area contributed by atoms with E-state index in [-0.39, 0.29) is 5.69 Å². The molecule has 26 heavy (non-hydrogen) atoms. The highest BCUT2D eigenvalue weighted by molar-refractivity contribution is 6.03. The van der Waals surface area contributed by atoms with E-state index in [4.69, 9.17) is 0 Å². The van der Waals surface area contributed by atoms with Gasteiger partial charge >= 0.3 is 0 Å². The van der Waals surface area contributed by atoms with Crippen LogP contribution in [-0.4, -0.2) is 10.9 Å². The molecule has 2 aromatic carbocycles. The number of hydrogen-bond donors (Lipinski definition) is 2. The number of aryl methyl sites for hydroxylation is 1. The Morgan fingerprint density at radius 1 is 1.00 bits per heavy atom. The third-order valence-corrected chi connectivity index (χ3v) is 3.81. The first-order valence-electron chi connectivity index (χ1n) is 8.04. The van der Waals surface area contributed by atoms with E-state index in [1.807, 2.05) is 31.2 Å². The number of anilines is 2. The van der Waals surface area contributed by atoms with E-state index >= 15 is 0 Å². The van der Waals surface area contributed by atoms with Crippen molar-refractivity contribution in [1.82, 2.24) is 4.98 Å². The van der Waals surface area contributed by atoms with Gasteiger partial charge < -0.3 is 10.6 Å². The molecule has 3 aromatic rings. The van der Waals surface area contributed by atoms with Gasteiger partial charge in [-0.3, -0.25) is 4.79 Å². The number of pyridine rings is 1. The summed E-state index contributed by atoms with van der Waals surface area (Å²) in [6.07, 6.45) is 1.50. The lowest BCUT2D eigenvalue weighted by Gasteiger charge is -2.09. The maximum atomic E-state index is 13.6. The highest BCUT2D eigenvalue weighted by Crippen LogP contribution is 2.19. The van der Waals surface area contributed by atoms with Crippen LogP contribution >= 0.6 is 0 Å². The van der Waals surface area contributed by atoms with Gasteiger partial charge in [0.05, 0.1) is 11.9 Å². The zero-order valence-electron chi connectivity index (χ0n) is 14.1. The van der Waals surface area contributed by atoms with E-state index in [0.29, 0.717) is 6.54 Å². The molecule has 2 N–H and O–H groups in total. The standard InChI is InChI=1S/C20H17F2N3O/c1-13-5-7-14(8-6-13)11-23-15-9-10-18(24-12-15)20(26)25-19-16(21)3-2-4-17(19)22/h2-10,12,23H,11H2,1H3,(H,25,26). The van der Waals surface area contributed by atoms with Gasteiger partial charge in [-0.05, 0) is 36.8 Å². The number of aromatic nitrogens is 1. The van der Waals surface area contributed by atoms with Crippen molar-refractivity contribution in [3.05, 3.63) is 89.2 Å². The minimum atomic E-state index is -0.838. The molecule has 0 spiro atoms. The highest BCUT2D eigenvalue weighted by Gasteiger charge is 2.14. The average Bonchev–Trinajstić information content (AvgIpc) is 2.65. The molecule has 0 fully saturated rings. The third-order valence-electron chi connectivity index (χ3n) is 3.81. The monoisotopic (exact) mass is 353 g/mol. The van der Waals surface area contributed by atoms with Crippen LogP contribution in [0.4, 0.5) is 20.2 Å². The smallest absolute Gasteiger partial charge is 0.274 e. The number of benzene rings is 2. The van der Waals surface area contributed by atoms with Crippen LogP contribution in [0.3, 0.4) is 0 Å². The maximum Gasteiger partial charge on any atom is 0.274 e. The molecule has 0 saturated heterocycles. The van der Waals surface area contributed by atoms with Crippen molar-refractivity contribution in [2.75, 3.05) is 10.6 Å². The second kappa shape index (κ2) is 7.74. The first kappa shape index (κ1) is 17.5. The second-order valence-electron chi connectivity index (χ2n) is 5.82. The molecule has 1 heterocycles. The van der Waals surface area contributed by atoms with Gasteiger partial charge in [0.2, 0.25) is 0 Å². The number of carbonyl (C=O) groups excluding carboxylic acids is 1. The van der Waals surface area contributed by atoms with E-state index in [1.165, 1.54) is 23.9 Å². The lowest BCUT2D eigenvalue weighted by Crippen LogP contribution is -2.15. The van der Waals surface area contributed by atoms with Gasteiger partial charge in [0.1, 0.15) is 23.0 Å². The first-order valence-corrected chi connectivity index (χ1v) is 8.04. The number of carbonyl (C=O) groups is 1. The normalized spacial score (nSPS) is 10.4. The minimum absolute atomic E-state index is 0.0635. The van der Waals surface area contributed by atoms with Crippen LogP contribution in [0.15, 0.2) is 60.8 Å². The number of halogens is 2. The van der Waals surface area contributed by atoms with Crippen molar-refractivity contribution in [3.8, 4) is 0 Å². The van der Waals surface area contributed by atoms with Gasteiger partial charge in [-0.1, -0.05) is 35.9 Å². The summed E-state index contributed by atoms with van der Waals surface area (Å²) >= 11 is 0. The number of nitrogens with one attached hydrogen (secondary N) is 2. The van der Waals surface area contributed by atoms with Gasteiger partial charge in [0, 0.05) is 6.54 Å². The molecule has 1 amide bonds. The van der Waals surface area contributed by atoms with Crippen molar-refractivity contribution in [1.29, 1.82) is 0 Å². The Bertz CT molecular complexity index is 889. The van der Waals surface area contributed by atoms with Gasteiger partial charge in [-0.15, -0.1) is 0 Å². The molecule has 0 unspecified atom stereocenters. The highest BCUT2D eigenvalue weighted by atomic mass is 19.1. The molecule has 0 aliphatic rings. The van der Waals surface area contributed by atoms with Crippen LogP contribution in [0.1, 0.15) is 21.6 Å². The van der Waals surface area contributed by atoms with E-state index in [0.717, 1.165) is 23.4 Å². The molecule has 0 bridgehead atoms. The molecule has 6 heteroatoms. The van der Waals surface area contributed by atoms with Crippen LogP contribution in [0.25, 0.3) is 0 Å². The summed E-state index contributed by atoms with van der Waals surface area (Å²) in [5, 5.41) is 5.41. The maximum absolute atomic E-state index is 13.6. The van der Waals surface area contributed by atoms with Crippen molar-refractivity contribution in [3.63, 3.8) is 0 Å². The molecule has 0 aliphatic carbocycles. The van der Waals surface area contributed by atoms with E-state index in [9.17, 15) is 13.6 Å². The average molecular weight is 353 g/mol. The lowest BCUT2D eigenvalue weighted by atomic mass is 10.1. The second-order valence-corrected chi connectivity index (χ2v) is 5.82. The molecule has 4 nitrogen and oxygen atoms in total. The minimum Gasteiger partial charge on any atom is -0.380 e. The number of rotatable bonds is 5. The number of hydrogen-bond acceptors (Lipinski definition) is 3. The van der Waals surface area contributed by atoms with Crippen molar-refractivity contribution in [2.24, 2.45) is 0 Å². The Labute approximate surface area is 149 Å². The largest absolute Gasteiger partial charge is 0.380 e. The topological polar surface area (TPSA) is 54.0 Å². The zero-order chi connectivity index (χ0) is 18.5. The third kappa shape index (κ3) is 4.22. The number of nitrogens with zero attached hydrogens (tertiary/aromatic N) is 1. The summed E-state index contributed by atoms with van der Waals surface area (Å²) in [5.74, 6) is -2.36. The van der Waals surface area contributed by atoms with Crippen molar-refractivity contribution < 1.29 is 13.6 Å². The summed E-state index contributed by atoms with van der Waals surface area (Å²) in [6, 6.07) is 14.7. The van der Waals surface area contributed by atoms with Crippen LogP contribution in [-0.2, 0) is 6.54 Å². The molecular weight excluding hydrogens is 336 g/mol. The number of amides is 1. The fraction of sp³-hybridized carbons (Fsp3) is 0.100.